The molecule has 0 aliphatic heterocycles. The first-order valence-electron chi connectivity index (χ1n) is 7.80. The smallest absolute Gasteiger partial charge is 0.317 e. The number of phenolic OH excluding ortho intramolecular Hbond substituents is 2. The number of hydrogen-bond donors (Lipinski definition) is 5. The zero-order valence-corrected chi connectivity index (χ0v) is 16.3. The second-order valence-electron chi connectivity index (χ2n) is 6.07. The summed E-state index contributed by atoms with van der Waals surface area (Å²) in [5, 5.41) is 29.0. The lowest BCUT2D eigenvalue weighted by Crippen LogP contribution is -2.29. The largest absolute Gasteiger partial charge is 0.508 e. The van der Waals surface area contributed by atoms with Crippen LogP contribution in [0.1, 0.15) is 11.1 Å². The summed E-state index contributed by atoms with van der Waals surface area (Å²) >= 11 is 0. The molecule has 13 heteroatoms. The van der Waals surface area contributed by atoms with Gasteiger partial charge in [-0.1, -0.05) is 6.07 Å². The maximum absolute atomic E-state index is 11.3. The van der Waals surface area contributed by atoms with Crippen LogP contribution in [0.25, 0.3) is 0 Å². The number of carboxylic acids is 1. The molecule has 0 amide bonds. The Kier molecular flexibility index (Phi) is 6.50. The van der Waals surface area contributed by atoms with Crippen molar-refractivity contribution < 1.29 is 46.1 Å². The van der Waals surface area contributed by atoms with Crippen LogP contribution in [0.15, 0.2) is 46.2 Å². The fourth-order valence-corrected chi connectivity index (χ4v) is 3.56. The number of phenols is 2. The molecule has 0 bridgehead atoms. The zero-order valence-electron chi connectivity index (χ0n) is 14.6. The second-order valence-corrected chi connectivity index (χ2v) is 8.91. The molecular weight excluding hydrogens is 430 g/mol. The van der Waals surface area contributed by atoms with Gasteiger partial charge in [-0.3, -0.25) is 18.8 Å². The highest BCUT2D eigenvalue weighted by Crippen LogP contribution is 2.26. The van der Waals surface area contributed by atoms with Gasteiger partial charge < -0.3 is 15.3 Å². The Bertz CT molecular complexity index is 1140. The molecule has 0 fully saturated rings. The number of hydrogen-bond acceptors (Lipinski definition) is 8. The number of aliphatic carboxylic acids is 1. The average molecular weight is 447 g/mol. The molecule has 158 valence electrons. The lowest BCUT2D eigenvalue weighted by molar-refractivity contribution is -0.138. The van der Waals surface area contributed by atoms with Crippen molar-refractivity contribution in [2.24, 2.45) is 0 Å². The molecule has 2 aromatic carbocycles. The van der Waals surface area contributed by atoms with Crippen LogP contribution in [0.5, 0.6) is 11.5 Å². The summed E-state index contributed by atoms with van der Waals surface area (Å²) in [5.41, 5.74) is 0.111. The van der Waals surface area contributed by atoms with Crippen LogP contribution in [0, 0.1) is 0 Å². The number of benzene rings is 2. The molecule has 2 aromatic rings. The number of nitrogens with zero attached hydrogens (tertiary/aromatic N) is 1. The Labute approximate surface area is 166 Å². The standard InChI is InChI=1S/C16H17NO10S2/c18-14-4-3-12(28(22,23)24)5-11(14)8-17(9-16(20)21)7-10-1-2-13(6-15(10)19)29(25,26)27/h1-6,18-19H,7-9H2,(H,20,21)(H,22,23,24)(H,25,26,27). The minimum absolute atomic E-state index is 0.00424. The summed E-state index contributed by atoms with van der Waals surface area (Å²) in [6.45, 7) is -1.07. The molecule has 0 heterocycles. The van der Waals surface area contributed by atoms with Crippen molar-refractivity contribution >= 4 is 26.2 Å². The number of aromatic hydroxyl groups is 2. The van der Waals surface area contributed by atoms with Crippen molar-refractivity contribution in [1.29, 1.82) is 0 Å². The molecule has 5 N–H and O–H groups in total. The topological polar surface area (TPSA) is 190 Å². The highest BCUT2D eigenvalue weighted by atomic mass is 32.2. The van der Waals surface area contributed by atoms with Crippen LogP contribution < -0.4 is 0 Å². The quantitative estimate of drug-likeness (QED) is 0.358. The Morgan fingerprint density at radius 2 is 1.31 bits per heavy atom. The van der Waals surface area contributed by atoms with E-state index < -0.39 is 48.3 Å². The molecule has 0 aliphatic carbocycles. The van der Waals surface area contributed by atoms with Gasteiger partial charge in [0.25, 0.3) is 20.2 Å². The summed E-state index contributed by atoms with van der Waals surface area (Å²) < 4.78 is 62.9. The minimum Gasteiger partial charge on any atom is -0.508 e. The van der Waals surface area contributed by atoms with Crippen molar-refractivity contribution in [3.8, 4) is 11.5 Å². The van der Waals surface area contributed by atoms with Crippen molar-refractivity contribution in [3.05, 3.63) is 47.5 Å². The van der Waals surface area contributed by atoms with Gasteiger partial charge in [-0.2, -0.15) is 16.8 Å². The van der Waals surface area contributed by atoms with E-state index in [4.69, 9.17) is 14.2 Å². The summed E-state index contributed by atoms with van der Waals surface area (Å²) in [6, 6.07) is 5.94. The van der Waals surface area contributed by atoms with Crippen molar-refractivity contribution in [1.82, 2.24) is 4.90 Å². The normalized spacial score (nSPS) is 12.2. The van der Waals surface area contributed by atoms with E-state index in [1.54, 1.807) is 0 Å². The molecule has 29 heavy (non-hydrogen) atoms. The van der Waals surface area contributed by atoms with E-state index in [-0.39, 0.29) is 30.0 Å². The van der Waals surface area contributed by atoms with Crippen LogP contribution in [0.4, 0.5) is 0 Å². The fourth-order valence-electron chi connectivity index (χ4n) is 2.53. The molecule has 0 aromatic heterocycles. The molecular formula is C16H17NO10S2. The van der Waals surface area contributed by atoms with E-state index in [1.165, 1.54) is 11.0 Å². The Morgan fingerprint density at radius 3 is 1.83 bits per heavy atom. The van der Waals surface area contributed by atoms with Crippen molar-refractivity contribution in [2.75, 3.05) is 6.54 Å². The Hall–Kier alpha value is -2.71. The first-order chi connectivity index (χ1) is 13.3. The maximum atomic E-state index is 11.3. The minimum atomic E-state index is -4.55. The molecule has 11 nitrogen and oxygen atoms in total. The lowest BCUT2D eigenvalue weighted by atomic mass is 10.1. The molecule has 0 aliphatic rings. The van der Waals surface area contributed by atoms with E-state index in [2.05, 4.69) is 0 Å². The maximum Gasteiger partial charge on any atom is 0.317 e. The summed E-state index contributed by atoms with van der Waals surface area (Å²) in [7, 11) is -9.10. The zero-order chi connectivity index (χ0) is 22.0. The van der Waals surface area contributed by atoms with E-state index in [1.807, 2.05) is 0 Å². The van der Waals surface area contributed by atoms with Gasteiger partial charge in [0, 0.05) is 30.3 Å². The molecule has 0 atom stereocenters. The third-order valence-corrected chi connectivity index (χ3v) is 5.55. The van der Waals surface area contributed by atoms with Gasteiger partial charge in [-0.25, -0.2) is 0 Å². The molecule has 0 radical (unpaired) electrons. The first-order valence-corrected chi connectivity index (χ1v) is 10.7. The predicted molar refractivity (Wildman–Crippen MR) is 97.6 cm³/mol. The Morgan fingerprint density at radius 1 is 0.793 bits per heavy atom. The summed E-state index contributed by atoms with van der Waals surface area (Å²) in [6.07, 6.45) is 0. The molecule has 0 unspecified atom stereocenters. The monoisotopic (exact) mass is 447 g/mol. The van der Waals surface area contributed by atoms with Gasteiger partial charge >= 0.3 is 5.97 Å². The number of rotatable bonds is 8. The fraction of sp³-hybridized carbons (Fsp3) is 0.188. The molecule has 0 saturated heterocycles. The van der Waals surface area contributed by atoms with Gasteiger partial charge in [0.2, 0.25) is 0 Å². The van der Waals surface area contributed by atoms with Gasteiger partial charge in [0.05, 0.1) is 16.3 Å². The average Bonchev–Trinajstić information content (AvgIpc) is 2.56. The highest BCUT2D eigenvalue weighted by molar-refractivity contribution is 7.86. The third kappa shape index (κ3) is 6.13. The van der Waals surface area contributed by atoms with Gasteiger partial charge in [-0.05, 0) is 24.3 Å². The van der Waals surface area contributed by atoms with E-state index in [0.29, 0.717) is 0 Å². The second kappa shape index (κ2) is 8.34. The predicted octanol–water partition coefficient (Wildman–Crippen LogP) is 0.678. The summed E-state index contributed by atoms with van der Waals surface area (Å²) in [5.74, 6) is -2.13. The van der Waals surface area contributed by atoms with E-state index in [0.717, 1.165) is 30.3 Å². The lowest BCUT2D eigenvalue weighted by Gasteiger charge is -2.22. The SMILES string of the molecule is O=C(O)CN(Cc1ccc(S(=O)(=O)O)cc1O)Cc1cc(S(=O)(=O)O)ccc1O. The molecule has 0 saturated carbocycles. The van der Waals surface area contributed by atoms with Crippen molar-refractivity contribution in [3.63, 3.8) is 0 Å². The van der Waals surface area contributed by atoms with Crippen molar-refractivity contribution in [2.45, 2.75) is 22.9 Å². The number of carboxylic acid groups (broad SMARTS) is 1. The van der Waals surface area contributed by atoms with Crippen LogP contribution in [-0.4, -0.2) is 58.7 Å². The highest BCUT2D eigenvalue weighted by Gasteiger charge is 2.19. The van der Waals surface area contributed by atoms with Gasteiger partial charge in [0.15, 0.2) is 0 Å². The van der Waals surface area contributed by atoms with Crippen LogP contribution in [0.3, 0.4) is 0 Å². The van der Waals surface area contributed by atoms with Crippen LogP contribution >= 0.6 is 0 Å². The summed E-state index contributed by atoms with van der Waals surface area (Å²) in [4.78, 5) is 11.3. The molecule has 0 spiro atoms. The number of carbonyl (C=O) groups is 1. The van der Waals surface area contributed by atoms with Crippen LogP contribution in [0.2, 0.25) is 0 Å². The molecule has 2 rings (SSSR count). The first kappa shape index (κ1) is 22.6. The van der Waals surface area contributed by atoms with Gasteiger partial charge in [0.1, 0.15) is 11.5 Å². The van der Waals surface area contributed by atoms with E-state index in [9.17, 15) is 31.8 Å². The van der Waals surface area contributed by atoms with Crippen LogP contribution in [-0.2, 0) is 38.1 Å². The third-order valence-electron chi connectivity index (χ3n) is 3.85. The van der Waals surface area contributed by atoms with E-state index >= 15 is 0 Å². The van der Waals surface area contributed by atoms with Gasteiger partial charge in [-0.15, -0.1) is 0 Å². The Balaban J connectivity index is 2.35.